The highest BCUT2D eigenvalue weighted by molar-refractivity contribution is 6.31. The maximum absolute atomic E-state index is 13.0. The average Bonchev–Trinajstić information content (AvgIpc) is 3.39. The molecule has 2 aliphatic heterocycles. The molecule has 3 aromatic carbocycles. The summed E-state index contributed by atoms with van der Waals surface area (Å²) in [6, 6.07) is 21.2. The molecule has 2 amide bonds. The molecule has 2 aliphatic rings. The van der Waals surface area contributed by atoms with E-state index in [1.54, 1.807) is 18.2 Å². The van der Waals surface area contributed by atoms with Gasteiger partial charge >= 0.3 is 0 Å². The van der Waals surface area contributed by atoms with Crippen LogP contribution < -0.4 is 10.2 Å². The van der Waals surface area contributed by atoms with E-state index in [1.807, 2.05) is 29.2 Å². The fraction of sp³-hybridized carbons (Fsp3) is 0.259. The van der Waals surface area contributed by atoms with Crippen molar-refractivity contribution in [2.75, 3.05) is 29.9 Å². The molecule has 168 valence electrons. The van der Waals surface area contributed by atoms with Crippen LogP contribution in [0.2, 0.25) is 5.02 Å². The number of anilines is 2. The summed E-state index contributed by atoms with van der Waals surface area (Å²) >= 11 is 6.16. The van der Waals surface area contributed by atoms with E-state index in [0.717, 1.165) is 51.1 Å². The van der Waals surface area contributed by atoms with Crippen molar-refractivity contribution in [2.24, 2.45) is 0 Å². The van der Waals surface area contributed by atoms with E-state index in [-0.39, 0.29) is 11.8 Å². The number of rotatable bonds is 4. The maximum Gasteiger partial charge on any atom is 0.256 e. The molecule has 0 spiro atoms. The Morgan fingerprint density at radius 2 is 1.58 bits per heavy atom. The maximum atomic E-state index is 13.0. The van der Waals surface area contributed by atoms with Crippen molar-refractivity contribution in [3.63, 3.8) is 0 Å². The number of amides is 2. The highest BCUT2D eigenvalue weighted by Gasteiger charge is 2.23. The van der Waals surface area contributed by atoms with Crippen molar-refractivity contribution in [3.05, 3.63) is 94.0 Å². The van der Waals surface area contributed by atoms with Gasteiger partial charge in [-0.25, -0.2) is 0 Å². The standard InChI is InChI=1S/C27H26ClN3O2/c28-22-9-12-25(24(17-22)27(33)30-14-3-4-15-30)29-26(32)20-7-10-23(11-8-20)31-16-13-19-5-1-2-6-21(19)18-31/h1-2,5-12,17H,3-4,13-16,18H2,(H,29,32). The second-order valence-corrected chi connectivity index (χ2v) is 9.07. The molecule has 0 aliphatic carbocycles. The smallest absolute Gasteiger partial charge is 0.256 e. The topological polar surface area (TPSA) is 52.7 Å². The number of nitrogens with one attached hydrogen (secondary N) is 1. The number of carbonyl (C=O) groups excluding carboxylic acids is 2. The third-order valence-corrected chi connectivity index (χ3v) is 6.71. The molecule has 1 fully saturated rings. The fourth-order valence-electron chi connectivity index (χ4n) is 4.63. The lowest BCUT2D eigenvalue weighted by Gasteiger charge is -2.30. The van der Waals surface area contributed by atoms with Crippen LogP contribution in [0.3, 0.4) is 0 Å². The van der Waals surface area contributed by atoms with Gasteiger partial charge in [0.1, 0.15) is 0 Å². The highest BCUT2D eigenvalue weighted by Crippen LogP contribution is 2.27. The Hall–Kier alpha value is -3.31. The fourth-order valence-corrected chi connectivity index (χ4v) is 4.80. The zero-order valence-electron chi connectivity index (χ0n) is 18.4. The third-order valence-electron chi connectivity index (χ3n) is 6.48. The summed E-state index contributed by atoms with van der Waals surface area (Å²) in [5.41, 5.74) is 5.32. The summed E-state index contributed by atoms with van der Waals surface area (Å²) in [5, 5.41) is 3.39. The van der Waals surface area contributed by atoms with E-state index in [9.17, 15) is 9.59 Å². The lowest BCUT2D eigenvalue weighted by molar-refractivity contribution is 0.0794. The number of fused-ring (bicyclic) bond motifs is 1. The first-order valence-corrected chi connectivity index (χ1v) is 11.8. The highest BCUT2D eigenvalue weighted by atomic mass is 35.5. The molecular formula is C27H26ClN3O2. The molecule has 1 saturated heterocycles. The molecule has 0 bridgehead atoms. The van der Waals surface area contributed by atoms with Crippen molar-refractivity contribution in [3.8, 4) is 0 Å². The van der Waals surface area contributed by atoms with Gasteiger partial charge in [0.15, 0.2) is 0 Å². The van der Waals surface area contributed by atoms with Crippen LogP contribution in [0.15, 0.2) is 66.7 Å². The molecule has 5 rings (SSSR count). The Balaban J connectivity index is 1.30. The van der Waals surface area contributed by atoms with Crippen molar-refractivity contribution < 1.29 is 9.59 Å². The number of hydrogen-bond donors (Lipinski definition) is 1. The summed E-state index contributed by atoms with van der Waals surface area (Å²) < 4.78 is 0. The summed E-state index contributed by atoms with van der Waals surface area (Å²) in [6.45, 7) is 3.30. The van der Waals surface area contributed by atoms with Gasteiger partial charge in [-0.3, -0.25) is 9.59 Å². The van der Waals surface area contributed by atoms with Gasteiger partial charge in [0.2, 0.25) is 0 Å². The van der Waals surface area contributed by atoms with Gasteiger partial charge in [-0.05, 0) is 72.9 Å². The molecular weight excluding hydrogens is 434 g/mol. The first-order valence-electron chi connectivity index (χ1n) is 11.4. The normalized spacial score (nSPS) is 15.3. The van der Waals surface area contributed by atoms with Crippen molar-refractivity contribution >= 4 is 34.8 Å². The van der Waals surface area contributed by atoms with Crippen molar-refractivity contribution in [1.29, 1.82) is 0 Å². The largest absolute Gasteiger partial charge is 0.367 e. The number of benzene rings is 3. The van der Waals surface area contributed by atoms with Crippen molar-refractivity contribution in [1.82, 2.24) is 4.90 Å². The first-order chi connectivity index (χ1) is 16.1. The Morgan fingerprint density at radius 3 is 2.33 bits per heavy atom. The van der Waals surface area contributed by atoms with Crippen molar-refractivity contribution in [2.45, 2.75) is 25.8 Å². The van der Waals surface area contributed by atoms with Crippen LogP contribution in [-0.4, -0.2) is 36.3 Å². The summed E-state index contributed by atoms with van der Waals surface area (Å²) in [4.78, 5) is 30.1. The van der Waals surface area contributed by atoms with Gasteiger partial charge in [-0.15, -0.1) is 0 Å². The van der Waals surface area contributed by atoms with E-state index in [0.29, 0.717) is 21.8 Å². The van der Waals surface area contributed by atoms with E-state index < -0.39 is 0 Å². The third kappa shape index (κ3) is 4.60. The van der Waals surface area contributed by atoms with Gasteiger partial charge in [0, 0.05) is 42.5 Å². The molecule has 6 heteroatoms. The number of likely N-dealkylation sites (tertiary alicyclic amines) is 1. The van der Waals surface area contributed by atoms with Gasteiger partial charge in [-0.1, -0.05) is 35.9 Å². The second kappa shape index (κ2) is 9.28. The Morgan fingerprint density at radius 1 is 0.848 bits per heavy atom. The lowest BCUT2D eigenvalue weighted by atomic mass is 9.99. The molecule has 1 N–H and O–H groups in total. The molecule has 0 radical (unpaired) electrons. The molecule has 2 heterocycles. The van der Waals surface area contributed by atoms with Crippen LogP contribution in [0.1, 0.15) is 44.7 Å². The van der Waals surface area contributed by atoms with Crippen LogP contribution in [0, 0.1) is 0 Å². The number of hydrogen-bond acceptors (Lipinski definition) is 3. The zero-order chi connectivity index (χ0) is 22.8. The predicted molar refractivity (Wildman–Crippen MR) is 132 cm³/mol. The summed E-state index contributed by atoms with van der Waals surface area (Å²) in [6.07, 6.45) is 3.02. The van der Waals surface area contributed by atoms with Crippen LogP contribution in [0.25, 0.3) is 0 Å². The van der Waals surface area contributed by atoms with Gasteiger partial charge in [-0.2, -0.15) is 0 Å². The van der Waals surface area contributed by atoms with Gasteiger partial charge < -0.3 is 15.1 Å². The molecule has 0 aromatic heterocycles. The number of nitrogens with zero attached hydrogens (tertiary/aromatic N) is 2. The van der Waals surface area contributed by atoms with E-state index in [4.69, 9.17) is 11.6 Å². The molecule has 3 aromatic rings. The summed E-state index contributed by atoms with van der Waals surface area (Å²) in [5.74, 6) is -0.339. The van der Waals surface area contributed by atoms with E-state index in [1.165, 1.54) is 11.1 Å². The molecule has 0 saturated carbocycles. The zero-order valence-corrected chi connectivity index (χ0v) is 19.1. The van der Waals surface area contributed by atoms with E-state index >= 15 is 0 Å². The van der Waals surface area contributed by atoms with E-state index in [2.05, 4.69) is 34.5 Å². The quantitative estimate of drug-likeness (QED) is 0.569. The Bertz CT molecular complexity index is 1190. The number of carbonyl (C=O) groups is 2. The summed E-state index contributed by atoms with van der Waals surface area (Å²) in [7, 11) is 0. The van der Waals surface area contributed by atoms with Crippen LogP contribution in [-0.2, 0) is 13.0 Å². The molecule has 0 atom stereocenters. The second-order valence-electron chi connectivity index (χ2n) is 8.63. The van der Waals surface area contributed by atoms with Gasteiger partial charge in [0.05, 0.1) is 11.3 Å². The minimum Gasteiger partial charge on any atom is -0.367 e. The van der Waals surface area contributed by atoms with Gasteiger partial charge in [0.25, 0.3) is 11.8 Å². The molecule has 5 nitrogen and oxygen atoms in total. The average molecular weight is 460 g/mol. The predicted octanol–water partition coefficient (Wildman–Crippen LogP) is 5.39. The SMILES string of the molecule is O=C(Nc1ccc(Cl)cc1C(=O)N1CCCC1)c1ccc(N2CCc3ccccc3C2)cc1. The molecule has 0 unspecified atom stereocenters. The monoisotopic (exact) mass is 459 g/mol. The number of halogens is 1. The van der Waals surface area contributed by atoms with Crippen LogP contribution >= 0.6 is 11.6 Å². The van der Waals surface area contributed by atoms with Crippen LogP contribution in [0.5, 0.6) is 0 Å². The minimum absolute atomic E-state index is 0.0916. The lowest BCUT2D eigenvalue weighted by Crippen LogP contribution is -2.30. The Kier molecular flexibility index (Phi) is 6.05. The molecule has 33 heavy (non-hydrogen) atoms. The van der Waals surface area contributed by atoms with Crippen LogP contribution in [0.4, 0.5) is 11.4 Å². The Labute approximate surface area is 199 Å². The minimum atomic E-state index is -0.247. The first kappa shape index (κ1) is 21.5.